The summed E-state index contributed by atoms with van der Waals surface area (Å²) in [4.78, 5) is 11.6. The van der Waals surface area contributed by atoms with Crippen LogP contribution in [0.15, 0.2) is 18.2 Å². The van der Waals surface area contributed by atoms with Gasteiger partial charge in [0.25, 0.3) is 5.91 Å². The number of aliphatic hydroxyl groups is 1. The number of hydrogen-bond donors (Lipinski definition) is 2. The lowest BCUT2D eigenvalue weighted by Crippen LogP contribution is -2.37. The Morgan fingerprint density at radius 3 is 2.89 bits per heavy atom. The quantitative estimate of drug-likeness (QED) is 0.777. The first-order valence-corrected chi connectivity index (χ1v) is 6.23. The first-order valence-electron chi connectivity index (χ1n) is 5.86. The molecule has 0 aliphatic rings. The summed E-state index contributed by atoms with van der Waals surface area (Å²) >= 11 is 5.91. The van der Waals surface area contributed by atoms with Gasteiger partial charge in [-0.1, -0.05) is 11.6 Å². The second kappa shape index (κ2) is 7.24. The fourth-order valence-corrected chi connectivity index (χ4v) is 1.50. The summed E-state index contributed by atoms with van der Waals surface area (Å²) in [6.07, 6.45) is -0.0392. The number of nitrogens with one attached hydrogen (secondary N) is 1. The fraction of sp³-hybridized carbons (Fsp3) is 0.462. The van der Waals surface area contributed by atoms with E-state index in [1.54, 1.807) is 25.1 Å². The lowest BCUT2D eigenvalue weighted by Gasteiger charge is -2.15. The van der Waals surface area contributed by atoms with Crippen molar-refractivity contribution < 1.29 is 14.6 Å². The number of ether oxygens (including phenoxy) is 1. The number of benzene rings is 1. The number of aryl methyl sites for hydroxylation is 1. The third-order valence-electron chi connectivity index (χ3n) is 2.45. The first kappa shape index (κ1) is 14.8. The van der Waals surface area contributed by atoms with E-state index in [9.17, 15) is 4.79 Å². The fourth-order valence-electron chi connectivity index (χ4n) is 1.38. The number of aliphatic hydroxyl groups excluding tert-OH is 1. The van der Waals surface area contributed by atoms with E-state index in [1.165, 1.54) is 0 Å². The molecule has 0 spiro atoms. The van der Waals surface area contributed by atoms with Crippen molar-refractivity contribution in [3.05, 3.63) is 28.8 Å². The van der Waals surface area contributed by atoms with Crippen LogP contribution in [0.3, 0.4) is 0 Å². The smallest absolute Gasteiger partial charge is 0.260 e. The topological polar surface area (TPSA) is 58.6 Å². The van der Waals surface area contributed by atoms with Crippen LogP contribution >= 0.6 is 11.6 Å². The molecule has 1 unspecified atom stereocenters. The van der Waals surface area contributed by atoms with Gasteiger partial charge in [-0.3, -0.25) is 4.79 Å². The van der Waals surface area contributed by atoms with Crippen LogP contribution in [0.2, 0.25) is 5.02 Å². The molecule has 5 heteroatoms. The molecule has 100 valence electrons. The van der Waals surface area contributed by atoms with Crippen molar-refractivity contribution in [3.63, 3.8) is 0 Å². The van der Waals surface area contributed by atoms with Crippen LogP contribution < -0.4 is 10.1 Å². The van der Waals surface area contributed by atoms with E-state index in [0.717, 1.165) is 5.56 Å². The Hall–Kier alpha value is -1.26. The summed E-state index contributed by atoms with van der Waals surface area (Å²) in [5.41, 5.74) is 0.905. The van der Waals surface area contributed by atoms with Gasteiger partial charge in [0, 0.05) is 18.2 Å². The number of halogens is 1. The molecule has 4 nitrogen and oxygen atoms in total. The van der Waals surface area contributed by atoms with Crippen LogP contribution in [0.1, 0.15) is 18.9 Å². The minimum Gasteiger partial charge on any atom is -0.481 e. The maximum atomic E-state index is 11.6. The zero-order valence-corrected chi connectivity index (χ0v) is 11.3. The van der Waals surface area contributed by atoms with Crippen LogP contribution in [0.25, 0.3) is 0 Å². The molecular weight excluding hydrogens is 254 g/mol. The third kappa shape index (κ3) is 4.55. The largest absolute Gasteiger partial charge is 0.481 e. The van der Waals surface area contributed by atoms with Gasteiger partial charge < -0.3 is 15.2 Å². The molecule has 1 aromatic carbocycles. The second-order valence-corrected chi connectivity index (χ2v) is 4.45. The van der Waals surface area contributed by atoms with Gasteiger partial charge in [-0.2, -0.15) is 0 Å². The third-order valence-corrected chi connectivity index (χ3v) is 2.87. The van der Waals surface area contributed by atoms with Gasteiger partial charge in [0.2, 0.25) is 0 Å². The Morgan fingerprint density at radius 1 is 1.56 bits per heavy atom. The van der Waals surface area contributed by atoms with Crippen LogP contribution in [-0.4, -0.2) is 30.3 Å². The van der Waals surface area contributed by atoms with E-state index in [1.807, 2.05) is 6.92 Å². The van der Waals surface area contributed by atoms with Crippen molar-refractivity contribution in [3.8, 4) is 5.75 Å². The van der Waals surface area contributed by atoms with Crippen LogP contribution in [0.5, 0.6) is 5.75 Å². The number of amides is 1. The maximum Gasteiger partial charge on any atom is 0.260 e. The highest BCUT2D eigenvalue weighted by Gasteiger charge is 2.14. The predicted molar refractivity (Wildman–Crippen MR) is 71.0 cm³/mol. The van der Waals surface area contributed by atoms with E-state index >= 15 is 0 Å². The molecule has 0 fully saturated rings. The van der Waals surface area contributed by atoms with Gasteiger partial charge in [0.05, 0.1) is 0 Å². The monoisotopic (exact) mass is 271 g/mol. The van der Waals surface area contributed by atoms with Crippen LogP contribution in [-0.2, 0) is 4.79 Å². The molecule has 0 aromatic heterocycles. The SMILES string of the molecule is Cc1cc(OC(C)C(=O)NCCCO)ccc1Cl. The normalized spacial score (nSPS) is 12.0. The van der Waals surface area contributed by atoms with Gasteiger partial charge in [-0.15, -0.1) is 0 Å². The zero-order valence-electron chi connectivity index (χ0n) is 10.6. The average Bonchev–Trinajstić information content (AvgIpc) is 2.34. The maximum absolute atomic E-state index is 11.6. The Kier molecular flexibility index (Phi) is 5.95. The number of carbonyl (C=O) groups is 1. The van der Waals surface area contributed by atoms with E-state index in [4.69, 9.17) is 21.4 Å². The Morgan fingerprint density at radius 2 is 2.28 bits per heavy atom. The summed E-state index contributed by atoms with van der Waals surface area (Å²) in [5.74, 6) is 0.415. The highest BCUT2D eigenvalue weighted by Crippen LogP contribution is 2.21. The average molecular weight is 272 g/mol. The molecule has 1 amide bonds. The molecule has 2 N–H and O–H groups in total. The molecule has 0 aliphatic carbocycles. The van der Waals surface area contributed by atoms with E-state index in [0.29, 0.717) is 23.7 Å². The molecule has 0 saturated heterocycles. The van der Waals surface area contributed by atoms with Crippen LogP contribution in [0.4, 0.5) is 0 Å². The highest BCUT2D eigenvalue weighted by molar-refractivity contribution is 6.31. The number of rotatable bonds is 6. The molecule has 0 heterocycles. The highest BCUT2D eigenvalue weighted by atomic mass is 35.5. The van der Waals surface area contributed by atoms with Crippen molar-refractivity contribution in [2.75, 3.05) is 13.2 Å². The molecule has 0 radical (unpaired) electrons. The molecule has 1 rings (SSSR count). The van der Waals surface area contributed by atoms with Crippen molar-refractivity contribution in [1.82, 2.24) is 5.32 Å². The van der Waals surface area contributed by atoms with Crippen LogP contribution in [0, 0.1) is 6.92 Å². The van der Waals surface area contributed by atoms with Gasteiger partial charge >= 0.3 is 0 Å². The molecule has 1 atom stereocenters. The summed E-state index contributed by atoms with van der Waals surface area (Å²) in [6, 6.07) is 5.26. The lowest BCUT2D eigenvalue weighted by atomic mass is 10.2. The van der Waals surface area contributed by atoms with Gasteiger partial charge in [-0.05, 0) is 44.0 Å². The van der Waals surface area contributed by atoms with Gasteiger partial charge in [0.15, 0.2) is 6.10 Å². The van der Waals surface area contributed by atoms with Gasteiger partial charge in [0.1, 0.15) is 5.75 Å². The van der Waals surface area contributed by atoms with Crippen molar-refractivity contribution >= 4 is 17.5 Å². The van der Waals surface area contributed by atoms with Crippen molar-refractivity contribution in [1.29, 1.82) is 0 Å². The van der Waals surface area contributed by atoms with Crippen molar-refractivity contribution in [2.24, 2.45) is 0 Å². The molecule has 0 aliphatic heterocycles. The molecular formula is C13H18ClNO3. The van der Waals surface area contributed by atoms with Crippen molar-refractivity contribution in [2.45, 2.75) is 26.4 Å². The Bertz CT molecular complexity index is 409. The summed E-state index contributed by atoms with van der Waals surface area (Å²) in [5, 5.41) is 12.0. The molecule has 1 aromatic rings. The second-order valence-electron chi connectivity index (χ2n) is 4.04. The summed E-state index contributed by atoms with van der Waals surface area (Å²) in [6.45, 7) is 4.06. The summed E-state index contributed by atoms with van der Waals surface area (Å²) in [7, 11) is 0. The predicted octanol–water partition coefficient (Wildman–Crippen LogP) is 1.91. The van der Waals surface area contributed by atoms with E-state index < -0.39 is 6.10 Å². The first-order chi connectivity index (χ1) is 8.54. The van der Waals surface area contributed by atoms with Gasteiger partial charge in [-0.25, -0.2) is 0 Å². The molecule has 0 bridgehead atoms. The number of hydrogen-bond acceptors (Lipinski definition) is 3. The minimum atomic E-state index is -0.579. The Labute approximate surface area is 112 Å². The van der Waals surface area contributed by atoms with E-state index in [-0.39, 0.29) is 12.5 Å². The molecule has 0 saturated carbocycles. The Balaban J connectivity index is 2.50. The standard InChI is InChI=1S/C13H18ClNO3/c1-9-8-11(4-5-12(9)14)18-10(2)13(17)15-6-3-7-16/h4-5,8,10,16H,3,6-7H2,1-2H3,(H,15,17). The minimum absolute atomic E-state index is 0.0614. The summed E-state index contributed by atoms with van der Waals surface area (Å²) < 4.78 is 5.51. The zero-order chi connectivity index (χ0) is 13.5. The lowest BCUT2D eigenvalue weighted by molar-refractivity contribution is -0.127. The number of carbonyl (C=O) groups excluding carboxylic acids is 1. The van der Waals surface area contributed by atoms with E-state index in [2.05, 4.69) is 5.32 Å². The molecule has 18 heavy (non-hydrogen) atoms.